The molecule has 3 aromatic rings. The van der Waals surface area contributed by atoms with Crippen molar-refractivity contribution in [2.75, 3.05) is 35.8 Å². The predicted octanol–water partition coefficient (Wildman–Crippen LogP) is 4.18. The van der Waals surface area contributed by atoms with Gasteiger partial charge in [0, 0.05) is 36.9 Å². The molecule has 0 radical (unpaired) electrons. The van der Waals surface area contributed by atoms with Gasteiger partial charge in [0.1, 0.15) is 4.88 Å². The summed E-state index contributed by atoms with van der Waals surface area (Å²) in [6.45, 7) is 6.17. The van der Waals surface area contributed by atoms with Gasteiger partial charge in [-0.3, -0.25) is 9.52 Å². The number of amides is 1. The summed E-state index contributed by atoms with van der Waals surface area (Å²) in [5.74, 6) is -0.128. The Bertz CT molecular complexity index is 1220. The van der Waals surface area contributed by atoms with Gasteiger partial charge in [-0.05, 0) is 50.2 Å². The maximum Gasteiger partial charge on any atom is 0.266 e. The molecule has 168 valence electrons. The van der Waals surface area contributed by atoms with E-state index in [2.05, 4.69) is 14.6 Å². The Morgan fingerprint density at radius 3 is 2.25 bits per heavy atom. The van der Waals surface area contributed by atoms with Gasteiger partial charge in [0.25, 0.3) is 15.9 Å². The zero-order valence-electron chi connectivity index (χ0n) is 17.7. The van der Waals surface area contributed by atoms with Crippen LogP contribution in [0.1, 0.15) is 20.9 Å². The van der Waals surface area contributed by atoms with Gasteiger partial charge in [-0.15, -0.1) is 0 Å². The highest BCUT2D eigenvalue weighted by molar-refractivity contribution is 7.93. The molecule has 0 saturated carbocycles. The second-order valence-electron chi connectivity index (χ2n) is 7.61. The fourth-order valence-corrected chi connectivity index (χ4v) is 5.79. The summed E-state index contributed by atoms with van der Waals surface area (Å²) in [4.78, 5) is 22.0. The van der Waals surface area contributed by atoms with Crippen LogP contribution in [-0.4, -0.2) is 50.4 Å². The number of thiazole rings is 1. The molecule has 7 nitrogen and oxygen atoms in total. The maximum atomic E-state index is 13.1. The summed E-state index contributed by atoms with van der Waals surface area (Å²) in [5.41, 5.74) is 2.56. The third kappa shape index (κ3) is 4.90. The van der Waals surface area contributed by atoms with E-state index < -0.39 is 10.0 Å². The number of carbonyl (C=O) groups is 1. The smallest absolute Gasteiger partial charge is 0.266 e. The maximum absolute atomic E-state index is 13.1. The van der Waals surface area contributed by atoms with Crippen molar-refractivity contribution in [1.29, 1.82) is 0 Å². The lowest BCUT2D eigenvalue weighted by Gasteiger charge is -2.36. The van der Waals surface area contributed by atoms with Crippen LogP contribution in [0.15, 0.2) is 53.4 Å². The highest BCUT2D eigenvalue weighted by Gasteiger charge is 2.26. The largest absolute Gasteiger partial charge is 0.368 e. The Labute approximate surface area is 196 Å². The SMILES string of the molecule is Cc1ccc(S(=O)(=O)Nc2nc(C)c(C(=O)N3CCN(c4ccc(Cl)cc4)CC3)s2)cc1. The summed E-state index contributed by atoms with van der Waals surface area (Å²) >= 11 is 7.03. The number of carbonyl (C=O) groups excluding carboxylic acids is 1. The number of nitrogens with zero attached hydrogens (tertiary/aromatic N) is 3. The van der Waals surface area contributed by atoms with Crippen molar-refractivity contribution >= 4 is 49.7 Å². The Morgan fingerprint density at radius 2 is 1.62 bits per heavy atom. The number of anilines is 2. The summed E-state index contributed by atoms with van der Waals surface area (Å²) in [6, 6.07) is 14.2. The van der Waals surface area contributed by atoms with Crippen molar-refractivity contribution in [3.05, 3.63) is 69.7 Å². The van der Waals surface area contributed by atoms with Crippen molar-refractivity contribution in [1.82, 2.24) is 9.88 Å². The third-order valence-corrected chi connectivity index (χ3v) is 8.10. The molecule has 0 atom stereocenters. The van der Waals surface area contributed by atoms with Crippen LogP contribution in [0.3, 0.4) is 0 Å². The first-order valence-electron chi connectivity index (χ1n) is 10.1. The molecule has 2 heterocycles. The highest BCUT2D eigenvalue weighted by Crippen LogP contribution is 2.27. The minimum atomic E-state index is -3.77. The molecule has 1 N–H and O–H groups in total. The van der Waals surface area contributed by atoms with Crippen molar-refractivity contribution in [2.45, 2.75) is 18.7 Å². The number of sulfonamides is 1. The average molecular weight is 491 g/mol. The van der Waals surface area contributed by atoms with Crippen molar-refractivity contribution in [2.24, 2.45) is 0 Å². The van der Waals surface area contributed by atoms with E-state index in [1.807, 2.05) is 31.2 Å². The van der Waals surface area contributed by atoms with Crippen LogP contribution in [0, 0.1) is 13.8 Å². The molecule has 2 aromatic carbocycles. The van der Waals surface area contributed by atoms with Crippen molar-refractivity contribution < 1.29 is 13.2 Å². The third-order valence-electron chi connectivity index (χ3n) is 5.30. The zero-order valence-corrected chi connectivity index (χ0v) is 20.1. The molecule has 0 spiro atoms. The summed E-state index contributed by atoms with van der Waals surface area (Å²) in [7, 11) is -3.77. The topological polar surface area (TPSA) is 82.6 Å². The normalized spacial score (nSPS) is 14.5. The monoisotopic (exact) mass is 490 g/mol. The summed E-state index contributed by atoms with van der Waals surface area (Å²) in [5, 5.41) is 0.878. The fourth-order valence-electron chi connectivity index (χ4n) is 3.49. The van der Waals surface area contributed by atoms with E-state index in [4.69, 9.17) is 11.6 Å². The standard InChI is InChI=1S/C22H23ClN4O3S2/c1-15-3-9-19(10-4-15)32(29,30)25-22-24-16(2)20(31-22)21(28)27-13-11-26(12-14-27)18-7-5-17(23)6-8-18/h3-10H,11-14H2,1-2H3,(H,24,25). The van der Waals surface area contributed by atoms with Gasteiger partial charge in [-0.2, -0.15) is 0 Å². The summed E-state index contributed by atoms with van der Waals surface area (Å²) < 4.78 is 27.8. The molecule has 32 heavy (non-hydrogen) atoms. The number of halogens is 1. The lowest BCUT2D eigenvalue weighted by atomic mass is 10.2. The van der Waals surface area contributed by atoms with Gasteiger partial charge in [-0.1, -0.05) is 40.6 Å². The number of piperazine rings is 1. The number of hydrogen-bond donors (Lipinski definition) is 1. The molecule has 1 fully saturated rings. The molecule has 0 bridgehead atoms. The van der Waals surface area contributed by atoms with Crippen molar-refractivity contribution in [3.63, 3.8) is 0 Å². The van der Waals surface area contributed by atoms with Gasteiger partial charge in [0.2, 0.25) is 0 Å². The Morgan fingerprint density at radius 1 is 1.00 bits per heavy atom. The fraction of sp³-hybridized carbons (Fsp3) is 0.273. The van der Waals surface area contributed by atoms with E-state index in [0.717, 1.165) is 22.6 Å². The highest BCUT2D eigenvalue weighted by atomic mass is 35.5. The molecular formula is C22H23ClN4O3S2. The molecule has 1 amide bonds. The number of benzene rings is 2. The summed E-state index contributed by atoms with van der Waals surface area (Å²) in [6.07, 6.45) is 0. The molecule has 1 aromatic heterocycles. The quantitative estimate of drug-likeness (QED) is 0.580. The van der Waals surface area contributed by atoms with E-state index in [1.54, 1.807) is 36.1 Å². The molecule has 0 unspecified atom stereocenters. The Kier molecular flexibility index (Phi) is 6.41. The second kappa shape index (κ2) is 9.09. The molecule has 1 saturated heterocycles. The average Bonchev–Trinajstić information content (AvgIpc) is 3.13. The van der Waals surface area contributed by atoms with Gasteiger partial charge >= 0.3 is 0 Å². The zero-order chi connectivity index (χ0) is 22.9. The van der Waals surface area contributed by atoms with E-state index in [1.165, 1.54) is 0 Å². The van der Waals surface area contributed by atoms with Crippen LogP contribution in [0.4, 0.5) is 10.8 Å². The van der Waals surface area contributed by atoms with E-state index in [-0.39, 0.29) is 15.9 Å². The van der Waals surface area contributed by atoms with Crippen LogP contribution >= 0.6 is 22.9 Å². The molecule has 1 aliphatic heterocycles. The number of hydrogen-bond acceptors (Lipinski definition) is 6. The van der Waals surface area contributed by atoms with Crippen LogP contribution in [0.2, 0.25) is 5.02 Å². The minimum absolute atomic E-state index is 0.128. The molecule has 10 heteroatoms. The molecule has 0 aliphatic carbocycles. The van der Waals surface area contributed by atoms with Gasteiger partial charge in [0.05, 0.1) is 10.6 Å². The van der Waals surface area contributed by atoms with Gasteiger partial charge in [0.15, 0.2) is 5.13 Å². The number of aromatic nitrogens is 1. The predicted molar refractivity (Wildman–Crippen MR) is 128 cm³/mol. The van der Waals surface area contributed by atoms with E-state index in [0.29, 0.717) is 41.8 Å². The molecule has 1 aliphatic rings. The lowest BCUT2D eigenvalue weighted by Crippen LogP contribution is -2.48. The lowest BCUT2D eigenvalue weighted by molar-refractivity contribution is 0.0750. The second-order valence-corrected chi connectivity index (χ2v) is 10.7. The van der Waals surface area contributed by atoms with Crippen LogP contribution in [0.5, 0.6) is 0 Å². The number of aryl methyl sites for hydroxylation is 2. The first kappa shape index (κ1) is 22.6. The Balaban J connectivity index is 1.43. The first-order chi connectivity index (χ1) is 15.2. The molecular weight excluding hydrogens is 468 g/mol. The van der Waals surface area contributed by atoms with E-state index >= 15 is 0 Å². The van der Waals surface area contributed by atoms with E-state index in [9.17, 15) is 13.2 Å². The first-order valence-corrected chi connectivity index (χ1v) is 12.8. The van der Waals surface area contributed by atoms with Gasteiger partial charge in [-0.25, -0.2) is 13.4 Å². The number of rotatable bonds is 5. The van der Waals surface area contributed by atoms with Gasteiger partial charge < -0.3 is 9.80 Å². The molecule has 4 rings (SSSR count). The van der Waals surface area contributed by atoms with Crippen molar-refractivity contribution in [3.8, 4) is 0 Å². The van der Waals surface area contributed by atoms with Crippen LogP contribution < -0.4 is 9.62 Å². The van der Waals surface area contributed by atoms with Crippen LogP contribution in [0.25, 0.3) is 0 Å². The van der Waals surface area contributed by atoms with Crippen LogP contribution in [-0.2, 0) is 10.0 Å². The minimum Gasteiger partial charge on any atom is -0.368 e. The number of nitrogens with one attached hydrogen (secondary N) is 1. The Hall–Kier alpha value is -2.62.